The maximum Gasteiger partial charge on any atom is 0.253 e. The quantitative estimate of drug-likeness (QED) is 0.829. The van der Waals surface area contributed by atoms with E-state index in [1.807, 2.05) is 17.5 Å². The van der Waals surface area contributed by atoms with Gasteiger partial charge in [0.1, 0.15) is 0 Å². The van der Waals surface area contributed by atoms with Crippen molar-refractivity contribution in [2.24, 2.45) is 0 Å². The average Bonchev–Trinajstić information content (AvgIpc) is 2.82. The van der Waals surface area contributed by atoms with E-state index in [-0.39, 0.29) is 5.91 Å². The molecule has 0 bridgehead atoms. The van der Waals surface area contributed by atoms with Gasteiger partial charge in [0, 0.05) is 22.5 Å². The zero-order valence-corrected chi connectivity index (χ0v) is 11.0. The summed E-state index contributed by atoms with van der Waals surface area (Å²) in [5.74, 6) is 0.00932. The lowest BCUT2D eigenvalue weighted by molar-refractivity contribution is 0.0786. The fraction of sp³-hybridized carbons (Fsp3) is 0.154. The van der Waals surface area contributed by atoms with Gasteiger partial charge in [-0.25, -0.2) is 0 Å². The average molecular weight is 266 g/mol. The summed E-state index contributed by atoms with van der Waals surface area (Å²) in [7, 11) is 1.80. The van der Waals surface area contributed by atoms with Crippen molar-refractivity contribution in [1.82, 2.24) is 4.90 Å². The number of thiophene rings is 1. The molecule has 0 aliphatic rings. The maximum absolute atomic E-state index is 12.1. The first kappa shape index (κ1) is 12.1. The highest BCUT2D eigenvalue weighted by Gasteiger charge is 2.11. The van der Waals surface area contributed by atoms with Crippen molar-refractivity contribution in [3.63, 3.8) is 0 Å². The number of carbonyl (C=O) groups excluding carboxylic acids is 1. The molecule has 1 aromatic heterocycles. The van der Waals surface area contributed by atoms with Crippen LogP contribution in [0, 0.1) is 0 Å². The molecular weight excluding hydrogens is 254 g/mol. The first-order valence-electron chi connectivity index (χ1n) is 5.20. The van der Waals surface area contributed by atoms with Gasteiger partial charge in [-0.2, -0.15) is 0 Å². The number of nitrogens with zero attached hydrogens (tertiary/aromatic N) is 1. The largest absolute Gasteiger partial charge is 0.337 e. The molecule has 0 N–H and O–H groups in total. The third-order valence-electron chi connectivity index (χ3n) is 2.41. The van der Waals surface area contributed by atoms with E-state index in [0.29, 0.717) is 17.1 Å². The van der Waals surface area contributed by atoms with Gasteiger partial charge >= 0.3 is 0 Å². The van der Waals surface area contributed by atoms with Gasteiger partial charge in [0.2, 0.25) is 0 Å². The number of rotatable bonds is 3. The SMILES string of the molecule is CN(Cc1cccs1)C(=O)c1ccc(Cl)cc1. The summed E-state index contributed by atoms with van der Waals surface area (Å²) >= 11 is 7.44. The Bertz CT molecular complexity index is 493. The van der Waals surface area contributed by atoms with Crippen LogP contribution >= 0.6 is 22.9 Å². The van der Waals surface area contributed by atoms with Crippen molar-refractivity contribution >= 4 is 28.8 Å². The minimum Gasteiger partial charge on any atom is -0.337 e. The monoisotopic (exact) mass is 265 g/mol. The van der Waals surface area contributed by atoms with Crippen LogP contribution < -0.4 is 0 Å². The Hall–Kier alpha value is -1.32. The number of benzene rings is 1. The van der Waals surface area contributed by atoms with Gasteiger partial charge in [-0.1, -0.05) is 17.7 Å². The summed E-state index contributed by atoms with van der Waals surface area (Å²) in [4.78, 5) is 14.9. The molecule has 0 unspecified atom stereocenters. The van der Waals surface area contributed by atoms with Gasteiger partial charge < -0.3 is 4.90 Å². The maximum atomic E-state index is 12.1. The summed E-state index contributed by atoms with van der Waals surface area (Å²) in [5, 5.41) is 2.65. The third-order valence-corrected chi connectivity index (χ3v) is 3.52. The van der Waals surface area contributed by atoms with Gasteiger partial charge in [-0.15, -0.1) is 11.3 Å². The molecule has 1 aromatic carbocycles. The Kier molecular flexibility index (Phi) is 3.82. The molecule has 88 valence electrons. The summed E-state index contributed by atoms with van der Waals surface area (Å²) in [5.41, 5.74) is 0.661. The summed E-state index contributed by atoms with van der Waals surface area (Å²) in [6.07, 6.45) is 0. The number of hydrogen-bond acceptors (Lipinski definition) is 2. The van der Waals surface area contributed by atoms with E-state index in [4.69, 9.17) is 11.6 Å². The van der Waals surface area contributed by atoms with Crippen LogP contribution in [0.5, 0.6) is 0 Å². The normalized spacial score (nSPS) is 10.2. The van der Waals surface area contributed by atoms with E-state index >= 15 is 0 Å². The van der Waals surface area contributed by atoms with Crippen molar-refractivity contribution in [1.29, 1.82) is 0 Å². The molecule has 2 aromatic rings. The molecular formula is C13H12ClNOS. The van der Waals surface area contributed by atoms with Gasteiger partial charge in [-0.05, 0) is 35.7 Å². The molecule has 0 spiro atoms. The molecule has 0 atom stereocenters. The number of amides is 1. The lowest BCUT2D eigenvalue weighted by Crippen LogP contribution is -2.25. The lowest BCUT2D eigenvalue weighted by Gasteiger charge is -2.16. The Balaban J connectivity index is 2.07. The molecule has 1 heterocycles. The van der Waals surface area contributed by atoms with Crippen LogP contribution in [-0.4, -0.2) is 17.9 Å². The lowest BCUT2D eigenvalue weighted by atomic mass is 10.2. The van der Waals surface area contributed by atoms with Gasteiger partial charge in [0.05, 0.1) is 6.54 Å². The van der Waals surface area contributed by atoms with E-state index in [1.54, 1.807) is 47.5 Å². The van der Waals surface area contributed by atoms with E-state index in [9.17, 15) is 4.79 Å². The molecule has 4 heteroatoms. The van der Waals surface area contributed by atoms with Gasteiger partial charge in [0.15, 0.2) is 0 Å². The second kappa shape index (κ2) is 5.34. The van der Waals surface area contributed by atoms with Crippen molar-refractivity contribution in [3.05, 3.63) is 57.2 Å². The van der Waals surface area contributed by atoms with Crippen molar-refractivity contribution in [2.75, 3.05) is 7.05 Å². The van der Waals surface area contributed by atoms with Crippen LogP contribution in [0.25, 0.3) is 0 Å². The smallest absolute Gasteiger partial charge is 0.253 e. The predicted octanol–water partition coefficient (Wildman–Crippen LogP) is 3.67. The highest BCUT2D eigenvalue weighted by atomic mass is 35.5. The van der Waals surface area contributed by atoms with Crippen molar-refractivity contribution < 1.29 is 4.79 Å². The molecule has 0 aliphatic carbocycles. The van der Waals surface area contributed by atoms with Crippen LogP contribution in [0.3, 0.4) is 0 Å². The van der Waals surface area contributed by atoms with E-state index in [0.717, 1.165) is 0 Å². The van der Waals surface area contributed by atoms with Crippen molar-refractivity contribution in [2.45, 2.75) is 6.54 Å². The van der Waals surface area contributed by atoms with Gasteiger partial charge in [-0.3, -0.25) is 4.79 Å². The minimum absolute atomic E-state index is 0.00932. The fourth-order valence-electron chi connectivity index (χ4n) is 1.52. The zero-order chi connectivity index (χ0) is 12.3. The first-order chi connectivity index (χ1) is 8.16. The molecule has 0 radical (unpaired) electrons. The number of carbonyl (C=O) groups is 1. The first-order valence-corrected chi connectivity index (χ1v) is 6.46. The van der Waals surface area contributed by atoms with Crippen LogP contribution in [0.1, 0.15) is 15.2 Å². The highest BCUT2D eigenvalue weighted by Crippen LogP contribution is 2.14. The molecule has 17 heavy (non-hydrogen) atoms. The second-order valence-corrected chi connectivity index (χ2v) is 5.22. The van der Waals surface area contributed by atoms with E-state index in [2.05, 4.69) is 0 Å². The number of hydrogen-bond donors (Lipinski definition) is 0. The molecule has 0 saturated heterocycles. The molecule has 0 fully saturated rings. The summed E-state index contributed by atoms with van der Waals surface area (Å²) in [6, 6.07) is 11.0. The fourth-order valence-corrected chi connectivity index (χ4v) is 2.40. The van der Waals surface area contributed by atoms with Crippen LogP contribution in [0.15, 0.2) is 41.8 Å². The second-order valence-electron chi connectivity index (χ2n) is 3.75. The number of halogens is 1. The Labute approximate surface area is 109 Å². The van der Waals surface area contributed by atoms with Crippen LogP contribution in [-0.2, 0) is 6.54 Å². The molecule has 0 aliphatic heterocycles. The van der Waals surface area contributed by atoms with Crippen molar-refractivity contribution in [3.8, 4) is 0 Å². The molecule has 0 saturated carbocycles. The topological polar surface area (TPSA) is 20.3 Å². The Morgan fingerprint density at radius 1 is 1.29 bits per heavy atom. The van der Waals surface area contributed by atoms with E-state index < -0.39 is 0 Å². The Morgan fingerprint density at radius 3 is 2.59 bits per heavy atom. The van der Waals surface area contributed by atoms with Gasteiger partial charge in [0.25, 0.3) is 5.91 Å². The predicted molar refractivity (Wildman–Crippen MR) is 71.6 cm³/mol. The third kappa shape index (κ3) is 3.08. The van der Waals surface area contributed by atoms with Crippen LogP contribution in [0.4, 0.5) is 0 Å². The Morgan fingerprint density at radius 2 is 2.00 bits per heavy atom. The minimum atomic E-state index is 0.00932. The standard InChI is InChI=1S/C13H12ClNOS/c1-15(9-12-3-2-8-17-12)13(16)10-4-6-11(14)7-5-10/h2-8H,9H2,1H3. The summed E-state index contributed by atoms with van der Waals surface area (Å²) in [6.45, 7) is 0.638. The highest BCUT2D eigenvalue weighted by molar-refractivity contribution is 7.09. The van der Waals surface area contributed by atoms with E-state index in [1.165, 1.54) is 4.88 Å². The summed E-state index contributed by atoms with van der Waals surface area (Å²) < 4.78 is 0. The molecule has 2 nitrogen and oxygen atoms in total. The zero-order valence-electron chi connectivity index (χ0n) is 9.39. The molecule has 2 rings (SSSR count). The molecule has 1 amide bonds. The van der Waals surface area contributed by atoms with Crippen LogP contribution in [0.2, 0.25) is 5.02 Å².